The van der Waals surface area contributed by atoms with Gasteiger partial charge < -0.3 is 14.7 Å². The molecule has 1 N–H and O–H groups in total. The Morgan fingerprint density at radius 2 is 1.77 bits per heavy atom. The van der Waals surface area contributed by atoms with Crippen LogP contribution >= 0.6 is 0 Å². The number of hydrogen-bond acceptors (Lipinski definition) is 3. The van der Waals surface area contributed by atoms with E-state index >= 15 is 0 Å². The maximum Gasteiger partial charge on any atom is 0.222 e. The number of aliphatic hydroxyl groups is 1. The summed E-state index contributed by atoms with van der Waals surface area (Å²) in [4.78, 5) is 14.4. The number of likely N-dealkylation sites (N-methyl/N-ethyl adjacent to an activating group) is 1. The zero-order chi connectivity index (χ0) is 24.8. The number of nitrogens with zero attached hydrogens (tertiary/aromatic N) is 1. The van der Waals surface area contributed by atoms with Crippen LogP contribution in [0.1, 0.15) is 113 Å². The number of ether oxygens (including phenoxy) is 1. The highest BCUT2D eigenvalue weighted by atomic mass is 16.5. The van der Waals surface area contributed by atoms with Gasteiger partial charge in [-0.25, -0.2) is 0 Å². The van der Waals surface area contributed by atoms with E-state index in [9.17, 15) is 9.90 Å². The number of unbranched alkanes of at least 4 members (excludes halogenated alkanes) is 1. The highest BCUT2D eigenvalue weighted by Crippen LogP contribution is 2.87. The number of amides is 1. The maximum absolute atomic E-state index is 12.5. The van der Waals surface area contributed by atoms with Crippen LogP contribution in [-0.4, -0.2) is 47.8 Å². The van der Waals surface area contributed by atoms with Gasteiger partial charge in [-0.3, -0.25) is 4.79 Å². The number of hydrogen-bond donors (Lipinski definition) is 1. The third-order valence-electron chi connectivity index (χ3n) is 13.3. The van der Waals surface area contributed by atoms with Gasteiger partial charge in [0, 0.05) is 21.4 Å². The average molecular weight is 488 g/mol. The van der Waals surface area contributed by atoms with Crippen molar-refractivity contribution >= 4 is 5.91 Å². The molecule has 0 aromatic rings. The summed E-state index contributed by atoms with van der Waals surface area (Å²) >= 11 is 0. The number of aliphatic hydroxyl groups excluding tert-OH is 1. The minimum Gasteiger partial charge on any atom is -0.393 e. The molecule has 4 heteroatoms. The molecule has 0 radical (unpaired) electrons. The Kier molecular flexibility index (Phi) is 5.78. The molecule has 10 atom stereocenters. The number of carbonyl (C=O) groups excluding carboxylic acids is 1. The fourth-order valence-corrected chi connectivity index (χ4v) is 11.4. The third kappa shape index (κ3) is 3.33. The molecule has 2 spiro atoms. The Labute approximate surface area is 215 Å². The van der Waals surface area contributed by atoms with E-state index in [1.165, 1.54) is 51.4 Å². The lowest BCUT2D eigenvalue weighted by atomic mass is 9.46. The van der Waals surface area contributed by atoms with Gasteiger partial charge in [-0.1, -0.05) is 34.1 Å². The number of carbonyl (C=O) groups is 1. The van der Waals surface area contributed by atoms with E-state index in [2.05, 4.69) is 27.7 Å². The number of fused-ring (bicyclic) bond motifs is 4. The van der Waals surface area contributed by atoms with Crippen molar-refractivity contribution in [2.45, 2.75) is 129 Å². The van der Waals surface area contributed by atoms with E-state index in [0.29, 0.717) is 40.6 Å². The van der Waals surface area contributed by atoms with Crippen molar-refractivity contribution < 1.29 is 16.1 Å². The van der Waals surface area contributed by atoms with E-state index in [-0.39, 0.29) is 25.0 Å². The quantitative estimate of drug-likeness (QED) is 0.485. The molecule has 4 nitrogen and oxygen atoms in total. The van der Waals surface area contributed by atoms with Crippen LogP contribution in [0.5, 0.6) is 0 Å². The highest BCUT2D eigenvalue weighted by Gasteiger charge is 2.80. The molecular formula is C31H53NO3. The van der Waals surface area contributed by atoms with Gasteiger partial charge in [0.25, 0.3) is 0 Å². The lowest BCUT2D eigenvalue weighted by molar-refractivity contribution is -0.139. The smallest absolute Gasteiger partial charge is 0.222 e. The second-order valence-electron chi connectivity index (χ2n) is 14.8. The molecule has 35 heavy (non-hydrogen) atoms. The topological polar surface area (TPSA) is 49.8 Å². The minimum atomic E-state index is -0.118. The summed E-state index contributed by atoms with van der Waals surface area (Å²) in [5, 5.41) is 10.9. The highest BCUT2D eigenvalue weighted by molar-refractivity contribution is 5.75. The van der Waals surface area contributed by atoms with Gasteiger partial charge in [0.2, 0.25) is 5.91 Å². The molecule has 5 saturated carbocycles. The largest absolute Gasteiger partial charge is 0.393 e. The van der Waals surface area contributed by atoms with E-state index < -0.39 is 0 Å². The van der Waals surface area contributed by atoms with Crippen molar-refractivity contribution in [3.05, 3.63) is 0 Å². The molecule has 6 fully saturated rings. The molecule has 5 aliphatic carbocycles. The maximum atomic E-state index is 12.5. The first-order valence-corrected chi connectivity index (χ1v) is 15.2. The summed E-state index contributed by atoms with van der Waals surface area (Å²) in [5.41, 5.74) is 1.61. The van der Waals surface area contributed by atoms with Crippen LogP contribution in [0.25, 0.3) is 0 Å². The van der Waals surface area contributed by atoms with Crippen LogP contribution in [0.3, 0.4) is 0 Å². The molecule has 200 valence electrons. The molecule has 1 heterocycles. The molecule has 1 amide bonds. The fraction of sp³-hybridized carbons (Fsp3) is 0.968. The van der Waals surface area contributed by atoms with Crippen LogP contribution in [0.15, 0.2) is 0 Å². The summed E-state index contributed by atoms with van der Waals surface area (Å²) in [6.45, 7) is 10.3. The Hall–Kier alpha value is -0.610. The van der Waals surface area contributed by atoms with Gasteiger partial charge in [-0.2, -0.15) is 0 Å². The monoisotopic (exact) mass is 487 g/mol. The first-order valence-electron chi connectivity index (χ1n) is 15.2. The number of rotatable bonds is 5. The van der Waals surface area contributed by atoms with Gasteiger partial charge in [0.15, 0.2) is 0 Å². The van der Waals surface area contributed by atoms with Crippen LogP contribution in [0.2, 0.25) is 0 Å². The van der Waals surface area contributed by atoms with Crippen molar-refractivity contribution in [2.75, 3.05) is 13.6 Å². The minimum absolute atomic E-state index is 0. The van der Waals surface area contributed by atoms with Crippen molar-refractivity contribution in [1.82, 2.24) is 4.90 Å². The van der Waals surface area contributed by atoms with Crippen LogP contribution < -0.4 is 0 Å². The third-order valence-corrected chi connectivity index (χ3v) is 13.3. The summed E-state index contributed by atoms with van der Waals surface area (Å²) in [5.74, 6) is 3.38. The summed E-state index contributed by atoms with van der Waals surface area (Å²) in [7, 11) is 1.97. The van der Waals surface area contributed by atoms with Crippen molar-refractivity contribution in [2.24, 2.45) is 45.3 Å². The van der Waals surface area contributed by atoms with Crippen molar-refractivity contribution in [1.29, 1.82) is 0 Å². The Balaban J connectivity index is 0.00000267. The van der Waals surface area contributed by atoms with Crippen LogP contribution in [0.4, 0.5) is 0 Å². The lowest BCUT2D eigenvalue weighted by Crippen LogP contribution is -2.54. The fourth-order valence-electron chi connectivity index (χ4n) is 11.4. The molecule has 0 aromatic carbocycles. The summed E-state index contributed by atoms with van der Waals surface area (Å²) in [6.07, 6.45) is 16.1. The average Bonchev–Trinajstić information content (AvgIpc) is 3.40. The molecule has 0 aromatic heterocycles. The van der Waals surface area contributed by atoms with Gasteiger partial charge in [0.05, 0.1) is 18.3 Å². The molecule has 1 saturated heterocycles. The Bertz CT molecular complexity index is 863. The van der Waals surface area contributed by atoms with E-state index in [4.69, 9.17) is 4.74 Å². The second kappa shape index (κ2) is 8.19. The van der Waals surface area contributed by atoms with E-state index in [1.54, 1.807) is 0 Å². The first-order chi connectivity index (χ1) is 16.6. The predicted molar refractivity (Wildman–Crippen MR) is 141 cm³/mol. The van der Waals surface area contributed by atoms with Gasteiger partial charge in [-0.15, -0.1) is 0 Å². The van der Waals surface area contributed by atoms with E-state index in [1.807, 2.05) is 11.9 Å². The SMILES string of the molecule is CCCCC(=O)N(C)CC1CCC2C(CC3C4CCC5C(C)(C)[C@@H](O)CCC56C[C@@]46CCC23C)O1.[HH]. The van der Waals surface area contributed by atoms with Gasteiger partial charge >= 0.3 is 0 Å². The molecule has 0 bridgehead atoms. The Morgan fingerprint density at radius 3 is 2.54 bits per heavy atom. The molecule has 6 aliphatic rings. The Morgan fingerprint density at radius 1 is 1.00 bits per heavy atom. The summed E-state index contributed by atoms with van der Waals surface area (Å²) < 4.78 is 6.84. The normalized spacial score (nSPS) is 51.3. The first kappa shape index (κ1) is 24.7. The predicted octanol–water partition coefficient (Wildman–Crippen LogP) is 6.45. The zero-order valence-electron chi connectivity index (χ0n) is 23.2. The zero-order valence-corrected chi connectivity index (χ0v) is 23.2. The van der Waals surface area contributed by atoms with Crippen molar-refractivity contribution in [3.8, 4) is 0 Å². The van der Waals surface area contributed by atoms with E-state index in [0.717, 1.165) is 44.1 Å². The van der Waals surface area contributed by atoms with Crippen LogP contribution in [0, 0.1) is 45.3 Å². The molecule has 1 aliphatic heterocycles. The van der Waals surface area contributed by atoms with Crippen molar-refractivity contribution in [3.63, 3.8) is 0 Å². The van der Waals surface area contributed by atoms with Gasteiger partial charge in [-0.05, 0) is 116 Å². The summed E-state index contributed by atoms with van der Waals surface area (Å²) in [6, 6.07) is 0. The second-order valence-corrected chi connectivity index (χ2v) is 14.8. The molecule has 8 unspecified atom stereocenters. The van der Waals surface area contributed by atoms with Gasteiger partial charge in [0.1, 0.15) is 0 Å². The van der Waals surface area contributed by atoms with Crippen LogP contribution in [-0.2, 0) is 9.53 Å². The standard InChI is InChI=1S/C31H51NO3.H2/c1-6-7-8-27(34)32(5)18-20-9-10-22-24(35-20)17-23-21-11-12-25-28(2,3)26(33)13-14-31(25)19-30(21,31)16-15-29(22,23)4;/h20-26,33H,6-19H2,1-5H3;1H/t20?,21?,22?,23?,24?,25?,26-,29?,30-,31?;/m0./s1. The lowest BCUT2D eigenvalue weighted by Gasteiger charge is -2.59. The molecular weight excluding hydrogens is 434 g/mol. The molecule has 6 rings (SSSR count).